The number of methoxy groups -OCH3 is 3. The third kappa shape index (κ3) is 3.64. The fourth-order valence-electron chi connectivity index (χ4n) is 2.67. The molecular formula is C19H19N3O5. The van der Waals surface area contributed by atoms with Gasteiger partial charge in [0.05, 0.1) is 26.8 Å². The Morgan fingerprint density at radius 1 is 0.963 bits per heavy atom. The number of anilines is 1. The fraction of sp³-hybridized carbons (Fsp3) is 0.158. The Hall–Kier alpha value is -3.68. The summed E-state index contributed by atoms with van der Waals surface area (Å²) in [5, 5.41) is 0.569. The first-order valence-electron chi connectivity index (χ1n) is 8.05. The molecule has 0 saturated carbocycles. The lowest BCUT2D eigenvalue weighted by atomic mass is 10.1. The summed E-state index contributed by atoms with van der Waals surface area (Å²) in [5.74, 6) is 1.04. The number of benzene rings is 2. The summed E-state index contributed by atoms with van der Waals surface area (Å²) < 4.78 is 15.7. The van der Waals surface area contributed by atoms with Crippen LogP contribution in [0.4, 0.5) is 5.82 Å². The Kier molecular flexibility index (Phi) is 5.16. The van der Waals surface area contributed by atoms with Crippen LogP contribution >= 0.6 is 0 Å². The molecule has 0 atom stereocenters. The van der Waals surface area contributed by atoms with Crippen molar-refractivity contribution in [3.63, 3.8) is 0 Å². The SMILES string of the molecule is COc1cc(C(=O)NNc2cc(=O)c3ccccc3[nH]2)cc(OC)c1OC. The number of ether oxygens (including phenoxy) is 3. The number of nitrogens with one attached hydrogen (secondary N) is 3. The van der Waals surface area contributed by atoms with Crippen LogP contribution in [0.1, 0.15) is 10.4 Å². The first-order chi connectivity index (χ1) is 13.1. The average Bonchev–Trinajstić information content (AvgIpc) is 2.70. The lowest BCUT2D eigenvalue weighted by Crippen LogP contribution is -2.30. The Morgan fingerprint density at radius 2 is 1.63 bits per heavy atom. The van der Waals surface area contributed by atoms with Gasteiger partial charge in [0.1, 0.15) is 5.82 Å². The number of carbonyl (C=O) groups excluding carboxylic acids is 1. The molecule has 3 rings (SSSR count). The molecule has 8 nitrogen and oxygen atoms in total. The smallest absolute Gasteiger partial charge is 0.269 e. The molecule has 0 spiro atoms. The number of H-pyrrole nitrogens is 1. The number of aromatic nitrogens is 1. The van der Waals surface area contributed by atoms with E-state index in [1.807, 2.05) is 6.07 Å². The van der Waals surface area contributed by atoms with Gasteiger partial charge < -0.3 is 19.2 Å². The van der Waals surface area contributed by atoms with Crippen molar-refractivity contribution in [2.75, 3.05) is 26.8 Å². The summed E-state index contributed by atoms with van der Waals surface area (Å²) in [6, 6.07) is 11.5. The van der Waals surface area contributed by atoms with E-state index in [4.69, 9.17) is 14.2 Å². The van der Waals surface area contributed by atoms with E-state index in [0.717, 1.165) is 0 Å². The summed E-state index contributed by atoms with van der Waals surface area (Å²) >= 11 is 0. The Labute approximate surface area is 155 Å². The number of hydrazine groups is 1. The molecule has 1 aromatic heterocycles. The van der Waals surface area contributed by atoms with Crippen LogP contribution in [-0.2, 0) is 0 Å². The quantitative estimate of drug-likeness (QED) is 0.577. The van der Waals surface area contributed by atoms with Gasteiger partial charge in [-0.05, 0) is 24.3 Å². The number of rotatable bonds is 6. The Morgan fingerprint density at radius 3 is 2.26 bits per heavy atom. The van der Waals surface area contributed by atoms with E-state index in [0.29, 0.717) is 39.5 Å². The number of hydrogen-bond donors (Lipinski definition) is 3. The molecule has 0 bridgehead atoms. The molecule has 0 aliphatic rings. The van der Waals surface area contributed by atoms with Gasteiger partial charge in [-0.2, -0.15) is 0 Å². The van der Waals surface area contributed by atoms with Gasteiger partial charge in [-0.1, -0.05) is 12.1 Å². The van der Waals surface area contributed by atoms with Crippen molar-refractivity contribution in [1.82, 2.24) is 10.4 Å². The van der Waals surface area contributed by atoms with Crippen molar-refractivity contribution in [1.29, 1.82) is 0 Å². The Balaban J connectivity index is 1.83. The maximum absolute atomic E-state index is 12.5. The van der Waals surface area contributed by atoms with E-state index in [9.17, 15) is 9.59 Å². The lowest BCUT2D eigenvalue weighted by Gasteiger charge is -2.14. The summed E-state index contributed by atoms with van der Waals surface area (Å²) in [6.45, 7) is 0. The second-order valence-electron chi connectivity index (χ2n) is 5.59. The van der Waals surface area contributed by atoms with Crippen LogP contribution in [0.25, 0.3) is 10.9 Å². The van der Waals surface area contributed by atoms with E-state index < -0.39 is 5.91 Å². The van der Waals surface area contributed by atoms with E-state index >= 15 is 0 Å². The largest absolute Gasteiger partial charge is 0.493 e. The molecule has 3 N–H and O–H groups in total. The molecule has 0 aliphatic heterocycles. The minimum atomic E-state index is -0.441. The first-order valence-corrected chi connectivity index (χ1v) is 8.05. The second kappa shape index (κ2) is 7.69. The van der Waals surface area contributed by atoms with Gasteiger partial charge in [-0.15, -0.1) is 0 Å². The van der Waals surface area contributed by atoms with Crippen LogP contribution < -0.4 is 30.5 Å². The molecule has 0 unspecified atom stereocenters. The fourth-order valence-corrected chi connectivity index (χ4v) is 2.67. The zero-order valence-corrected chi connectivity index (χ0v) is 15.1. The summed E-state index contributed by atoms with van der Waals surface area (Å²) in [7, 11) is 4.42. The van der Waals surface area contributed by atoms with Gasteiger partial charge in [-0.3, -0.25) is 20.4 Å². The third-order valence-corrected chi connectivity index (χ3v) is 3.97. The van der Waals surface area contributed by atoms with Gasteiger partial charge in [0.2, 0.25) is 5.75 Å². The topological polar surface area (TPSA) is 102 Å². The van der Waals surface area contributed by atoms with E-state index in [1.54, 1.807) is 18.2 Å². The van der Waals surface area contributed by atoms with Crippen molar-refractivity contribution in [2.24, 2.45) is 0 Å². The minimum Gasteiger partial charge on any atom is -0.493 e. The number of fused-ring (bicyclic) bond motifs is 1. The molecule has 1 heterocycles. The zero-order chi connectivity index (χ0) is 19.4. The highest BCUT2D eigenvalue weighted by molar-refractivity contribution is 5.96. The molecule has 8 heteroatoms. The van der Waals surface area contributed by atoms with Gasteiger partial charge in [0, 0.05) is 17.0 Å². The van der Waals surface area contributed by atoms with E-state index in [-0.39, 0.29) is 5.43 Å². The van der Waals surface area contributed by atoms with Crippen molar-refractivity contribution in [3.8, 4) is 17.2 Å². The highest BCUT2D eigenvalue weighted by atomic mass is 16.5. The van der Waals surface area contributed by atoms with Gasteiger partial charge in [-0.25, -0.2) is 0 Å². The highest BCUT2D eigenvalue weighted by Crippen LogP contribution is 2.38. The summed E-state index contributed by atoms with van der Waals surface area (Å²) in [6.07, 6.45) is 0. The van der Waals surface area contributed by atoms with Crippen molar-refractivity contribution in [3.05, 3.63) is 58.3 Å². The van der Waals surface area contributed by atoms with Gasteiger partial charge in [0.25, 0.3) is 5.91 Å². The predicted molar refractivity (Wildman–Crippen MR) is 102 cm³/mol. The molecule has 140 valence electrons. The second-order valence-corrected chi connectivity index (χ2v) is 5.59. The molecule has 2 aromatic carbocycles. The maximum atomic E-state index is 12.5. The van der Waals surface area contributed by atoms with Crippen LogP contribution in [0.5, 0.6) is 17.2 Å². The van der Waals surface area contributed by atoms with Crippen LogP contribution in [0.15, 0.2) is 47.3 Å². The van der Waals surface area contributed by atoms with Crippen LogP contribution in [-0.4, -0.2) is 32.2 Å². The molecule has 0 radical (unpaired) electrons. The predicted octanol–water partition coefficient (Wildman–Crippen LogP) is 2.31. The number of para-hydroxylation sites is 1. The standard InChI is InChI=1S/C19H19N3O5/c1-25-15-8-11(9-16(26-2)18(15)27-3)19(24)22-21-17-10-14(23)12-6-4-5-7-13(12)20-17/h4-10H,1-3H3,(H,22,24)(H2,20,21,23). The van der Waals surface area contributed by atoms with Crippen molar-refractivity contribution in [2.45, 2.75) is 0 Å². The maximum Gasteiger partial charge on any atom is 0.269 e. The first kappa shape index (κ1) is 18.1. The zero-order valence-electron chi connectivity index (χ0n) is 15.1. The van der Waals surface area contributed by atoms with Crippen LogP contribution in [0, 0.1) is 0 Å². The number of hydrogen-bond acceptors (Lipinski definition) is 6. The molecule has 0 saturated heterocycles. The third-order valence-electron chi connectivity index (χ3n) is 3.97. The number of amides is 1. The highest BCUT2D eigenvalue weighted by Gasteiger charge is 2.17. The Bertz CT molecular complexity index is 1020. The van der Waals surface area contributed by atoms with Crippen LogP contribution in [0.3, 0.4) is 0 Å². The molecule has 0 fully saturated rings. The van der Waals surface area contributed by atoms with Gasteiger partial charge in [0.15, 0.2) is 16.9 Å². The number of carbonyl (C=O) groups is 1. The molecule has 0 aliphatic carbocycles. The lowest BCUT2D eigenvalue weighted by molar-refractivity contribution is 0.0961. The van der Waals surface area contributed by atoms with Crippen LogP contribution in [0.2, 0.25) is 0 Å². The number of pyridine rings is 1. The normalized spacial score (nSPS) is 10.3. The van der Waals surface area contributed by atoms with Gasteiger partial charge >= 0.3 is 0 Å². The van der Waals surface area contributed by atoms with Crippen molar-refractivity contribution < 1.29 is 19.0 Å². The molecule has 27 heavy (non-hydrogen) atoms. The number of aromatic amines is 1. The van der Waals surface area contributed by atoms with Crippen molar-refractivity contribution >= 4 is 22.6 Å². The minimum absolute atomic E-state index is 0.158. The average molecular weight is 369 g/mol. The summed E-state index contributed by atoms with van der Waals surface area (Å²) in [5.41, 5.74) is 6.04. The monoisotopic (exact) mass is 369 g/mol. The molecule has 3 aromatic rings. The molecular weight excluding hydrogens is 350 g/mol. The molecule has 1 amide bonds. The van der Waals surface area contributed by atoms with E-state index in [2.05, 4.69) is 15.8 Å². The van der Waals surface area contributed by atoms with E-state index in [1.165, 1.54) is 39.5 Å². The summed E-state index contributed by atoms with van der Waals surface area (Å²) in [4.78, 5) is 27.7.